The van der Waals surface area contributed by atoms with Crippen LogP contribution in [0.4, 0.5) is 0 Å². The molecule has 4 nitrogen and oxygen atoms in total. The van der Waals surface area contributed by atoms with Gasteiger partial charge in [0.25, 0.3) is 0 Å². The van der Waals surface area contributed by atoms with Gasteiger partial charge >= 0.3 is 10.3 Å². The van der Waals surface area contributed by atoms with Crippen molar-refractivity contribution in [3.63, 3.8) is 0 Å². The molecule has 0 aromatic rings. The smallest absolute Gasteiger partial charge is 0.274 e. The fourth-order valence-corrected chi connectivity index (χ4v) is 1.50. The van der Waals surface area contributed by atoms with Crippen LogP contribution in [0.2, 0.25) is 0 Å². The third kappa shape index (κ3) is 9.79. The molecular formula is C8H19NO3S. The predicted octanol–water partition coefficient (Wildman–Crippen LogP) is 1.58. The first-order valence-electron chi connectivity index (χ1n) is 4.56. The molecule has 13 heavy (non-hydrogen) atoms. The molecule has 1 aliphatic rings. The Bertz CT molecular complexity index is 208. The highest BCUT2D eigenvalue weighted by Gasteiger charge is 2.15. The second-order valence-corrected chi connectivity index (χ2v) is 4.78. The minimum absolute atomic E-state index is 1.00. The predicted molar refractivity (Wildman–Crippen MR) is 52.5 cm³/mol. The highest BCUT2D eigenvalue weighted by Crippen LogP contribution is 2.28. The van der Waals surface area contributed by atoms with E-state index in [9.17, 15) is 0 Å². The average molecular weight is 209 g/mol. The van der Waals surface area contributed by atoms with Gasteiger partial charge in [-0.2, -0.15) is 8.42 Å². The number of rotatable bonds is 0. The summed E-state index contributed by atoms with van der Waals surface area (Å²) in [5.41, 5.74) is 0. The van der Waals surface area contributed by atoms with Crippen LogP contribution in [0.1, 0.15) is 39.5 Å². The highest BCUT2D eigenvalue weighted by molar-refractivity contribution is 7.83. The van der Waals surface area contributed by atoms with Crippen molar-refractivity contribution in [1.82, 2.24) is 0 Å². The van der Waals surface area contributed by atoms with Crippen LogP contribution in [-0.2, 0) is 10.3 Å². The van der Waals surface area contributed by atoms with E-state index in [1.54, 1.807) is 0 Å². The molecule has 1 rings (SSSR count). The maximum absolute atomic E-state index is 8.97. The third-order valence-electron chi connectivity index (χ3n) is 2.54. The number of hydrogen-bond donors (Lipinski definition) is 2. The quantitative estimate of drug-likeness (QED) is 0.594. The Balaban J connectivity index is 0.000000252. The topological polar surface area (TPSA) is 80.4 Å². The van der Waals surface area contributed by atoms with E-state index in [1.165, 1.54) is 25.7 Å². The fraction of sp³-hybridized carbons (Fsp3) is 1.00. The Hall–Kier alpha value is -0.130. The van der Waals surface area contributed by atoms with Crippen LogP contribution in [0.25, 0.3) is 0 Å². The van der Waals surface area contributed by atoms with E-state index in [2.05, 4.69) is 19.0 Å². The Morgan fingerprint density at radius 2 is 1.38 bits per heavy atom. The molecule has 0 heterocycles. The zero-order chi connectivity index (χ0) is 10.5. The summed E-state index contributed by atoms with van der Waals surface area (Å²) >= 11 is 0. The summed E-state index contributed by atoms with van der Waals surface area (Å²) < 4.78 is 25.2. The van der Waals surface area contributed by atoms with Crippen LogP contribution in [0.5, 0.6) is 0 Å². The molecule has 2 unspecified atom stereocenters. The molecule has 0 aliphatic heterocycles. The van der Waals surface area contributed by atoms with Crippen LogP contribution >= 0.6 is 0 Å². The summed E-state index contributed by atoms with van der Waals surface area (Å²) in [6, 6.07) is 0. The fourth-order valence-electron chi connectivity index (χ4n) is 1.50. The minimum atomic E-state index is -4.17. The zero-order valence-electron chi connectivity index (χ0n) is 8.23. The summed E-state index contributed by atoms with van der Waals surface area (Å²) in [5, 5.41) is 3.88. The van der Waals surface area contributed by atoms with Gasteiger partial charge < -0.3 is 0 Å². The van der Waals surface area contributed by atoms with Crippen molar-refractivity contribution in [2.24, 2.45) is 17.0 Å². The van der Waals surface area contributed by atoms with Gasteiger partial charge in [0.2, 0.25) is 0 Å². The van der Waals surface area contributed by atoms with E-state index < -0.39 is 10.3 Å². The SMILES string of the molecule is CC1CCCCC1C.NS(=O)(=O)O. The minimum Gasteiger partial charge on any atom is -0.274 e. The maximum Gasteiger partial charge on any atom is 0.330 e. The molecule has 0 bridgehead atoms. The van der Waals surface area contributed by atoms with Crippen molar-refractivity contribution in [2.75, 3.05) is 0 Å². The molecule has 0 amide bonds. The molecule has 1 saturated carbocycles. The van der Waals surface area contributed by atoms with Crippen LogP contribution in [0.3, 0.4) is 0 Å². The first-order chi connectivity index (χ1) is 5.80. The van der Waals surface area contributed by atoms with Crippen molar-refractivity contribution in [3.05, 3.63) is 0 Å². The Morgan fingerprint density at radius 3 is 1.54 bits per heavy atom. The first kappa shape index (κ1) is 12.9. The van der Waals surface area contributed by atoms with Gasteiger partial charge in [-0.15, -0.1) is 0 Å². The van der Waals surface area contributed by atoms with E-state index in [4.69, 9.17) is 13.0 Å². The van der Waals surface area contributed by atoms with Gasteiger partial charge in [-0.05, 0) is 11.8 Å². The van der Waals surface area contributed by atoms with Crippen LogP contribution in [-0.4, -0.2) is 13.0 Å². The number of hydrogen-bond acceptors (Lipinski definition) is 2. The molecule has 0 aromatic heterocycles. The molecule has 5 heteroatoms. The molecule has 0 radical (unpaired) electrons. The lowest BCUT2D eigenvalue weighted by molar-refractivity contribution is 0.277. The number of nitrogens with two attached hydrogens (primary N) is 1. The van der Waals surface area contributed by atoms with Crippen LogP contribution in [0, 0.1) is 11.8 Å². The monoisotopic (exact) mass is 209 g/mol. The van der Waals surface area contributed by atoms with E-state index in [0.29, 0.717) is 0 Å². The molecule has 2 atom stereocenters. The molecule has 1 fully saturated rings. The van der Waals surface area contributed by atoms with E-state index in [0.717, 1.165) is 11.8 Å². The van der Waals surface area contributed by atoms with Crippen molar-refractivity contribution in [2.45, 2.75) is 39.5 Å². The Labute approximate surface area is 80.4 Å². The molecule has 0 saturated heterocycles. The van der Waals surface area contributed by atoms with Gasteiger partial charge in [0.05, 0.1) is 0 Å². The summed E-state index contributed by atoms with van der Waals surface area (Å²) in [7, 11) is -4.17. The van der Waals surface area contributed by atoms with E-state index in [-0.39, 0.29) is 0 Å². The molecule has 0 spiro atoms. The standard InChI is InChI=1S/C8H16.H3NO3S/c1-7-5-3-4-6-8(7)2;1-5(2,3)4/h7-8H,3-6H2,1-2H3;(H3,1,2,3,4). The third-order valence-corrected chi connectivity index (χ3v) is 2.54. The largest absolute Gasteiger partial charge is 0.330 e. The van der Waals surface area contributed by atoms with Crippen LogP contribution < -0.4 is 5.14 Å². The van der Waals surface area contributed by atoms with Gasteiger partial charge in [0, 0.05) is 0 Å². The van der Waals surface area contributed by atoms with Gasteiger partial charge in [0.1, 0.15) is 0 Å². The highest BCUT2D eigenvalue weighted by atomic mass is 32.2. The summed E-state index contributed by atoms with van der Waals surface area (Å²) in [4.78, 5) is 0. The Morgan fingerprint density at radius 1 is 1.15 bits per heavy atom. The van der Waals surface area contributed by atoms with Crippen molar-refractivity contribution in [1.29, 1.82) is 0 Å². The van der Waals surface area contributed by atoms with E-state index in [1.807, 2.05) is 0 Å². The lowest BCUT2D eigenvalue weighted by atomic mass is 9.82. The maximum atomic E-state index is 8.97. The van der Waals surface area contributed by atoms with Gasteiger partial charge in [-0.25, -0.2) is 5.14 Å². The lowest BCUT2D eigenvalue weighted by Gasteiger charge is -2.24. The van der Waals surface area contributed by atoms with Gasteiger partial charge in [-0.1, -0.05) is 39.5 Å². The zero-order valence-corrected chi connectivity index (χ0v) is 9.05. The first-order valence-corrected chi connectivity index (χ1v) is 6.06. The summed E-state index contributed by atoms with van der Waals surface area (Å²) in [6.07, 6.45) is 5.90. The summed E-state index contributed by atoms with van der Waals surface area (Å²) in [5.74, 6) is 2.01. The molecule has 3 N–H and O–H groups in total. The molecule has 0 aromatic carbocycles. The summed E-state index contributed by atoms with van der Waals surface area (Å²) in [6.45, 7) is 4.76. The normalized spacial score (nSPS) is 28.9. The van der Waals surface area contributed by atoms with Crippen molar-refractivity contribution < 1.29 is 13.0 Å². The second kappa shape index (κ2) is 5.57. The molecular weight excluding hydrogens is 190 g/mol. The van der Waals surface area contributed by atoms with Crippen LogP contribution in [0.15, 0.2) is 0 Å². The van der Waals surface area contributed by atoms with Gasteiger partial charge in [0.15, 0.2) is 0 Å². The van der Waals surface area contributed by atoms with E-state index >= 15 is 0 Å². The van der Waals surface area contributed by atoms with Crippen molar-refractivity contribution >= 4 is 10.3 Å². The molecule has 80 valence electrons. The Kier molecular flexibility index (Phi) is 5.51. The second-order valence-electron chi connectivity index (χ2n) is 3.75. The lowest BCUT2D eigenvalue weighted by Crippen LogP contribution is -2.12. The average Bonchev–Trinajstić information content (AvgIpc) is 1.92. The molecule has 1 aliphatic carbocycles. The van der Waals surface area contributed by atoms with Gasteiger partial charge in [-0.3, -0.25) is 4.55 Å². The van der Waals surface area contributed by atoms with Crippen molar-refractivity contribution in [3.8, 4) is 0 Å².